The molecule has 0 amide bonds. The number of rotatable bonds is 6. The second kappa shape index (κ2) is 8.43. The average molecular weight is 376 g/mol. The standard InChI is InChI=1S/C15H22F2N4O3S/c1-24-13-4-2-12(3-5-13)20-15(18)19-10-11-6-8-21(9-7-11)25(22,23)14(16)17/h2-5,11,14H,6-10H2,1H3,(H3,18,19,20). The van der Waals surface area contributed by atoms with Gasteiger partial charge in [-0.1, -0.05) is 0 Å². The maximum Gasteiger partial charge on any atom is 0.350 e. The van der Waals surface area contributed by atoms with Crippen LogP contribution in [0.1, 0.15) is 12.8 Å². The number of piperidine rings is 1. The van der Waals surface area contributed by atoms with Gasteiger partial charge in [-0.3, -0.25) is 4.99 Å². The Kier molecular flexibility index (Phi) is 6.54. The van der Waals surface area contributed by atoms with Gasteiger partial charge in [0.15, 0.2) is 5.96 Å². The Morgan fingerprint density at radius 3 is 2.48 bits per heavy atom. The van der Waals surface area contributed by atoms with E-state index in [9.17, 15) is 17.2 Å². The molecule has 0 radical (unpaired) electrons. The molecule has 1 saturated heterocycles. The fourth-order valence-corrected chi connectivity index (χ4v) is 3.49. The van der Waals surface area contributed by atoms with Crippen molar-refractivity contribution in [2.75, 3.05) is 32.1 Å². The third-order valence-corrected chi connectivity index (χ3v) is 5.58. The molecule has 1 heterocycles. The van der Waals surface area contributed by atoms with Crippen LogP contribution >= 0.6 is 0 Å². The molecule has 0 saturated carbocycles. The van der Waals surface area contributed by atoms with Crippen LogP contribution in [0.15, 0.2) is 29.3 Å². The number of sulfonamides is 1. The first-order valence-electron chi connectivity index (χ1n) is 7.81. The third-order valence-electron chi connectivity index (χ3n) is 4.04. The van der Waals surface area contributed by atoms with Gasteiger partial charge in [-0.05, 0) is 43.0 Å². The van der Waals surface area contributed by atoms with Gasteiger partial charge in [-0.2, -0.15) is 13.1 Å². The van der Waals surface area contributed by atoms with E-state index in [2.05, 4.69) is 10.3 Å². The number of anilines is 1. The summed E-state index contributed by atoms with van der Waals surface area (Å²) in [7, 11) is -2.90. The minimum Gasteiger partial charge on any atom is -0.497 e. The van der Waals surface area contributed by atoms with E-state index in [0.29, 0.717) is 19.4 Å². The predicted molar refractivity (Wildman–Crippen MR) is 92.3 cm³/mol. The summed E-state index contributed by atoms with van der Waals surface area (Å²) in [6.45, 7) is 0.578. The summed E-state index contributed by atoms with van der Waals surface area (Å²) in [5, 5.41) is 2.95. The van der Waals surface area contributed by atoms with Gasteiger partial charge in [0.05, 0.1) is 7.11 Å². The SMILES string of the molecule is COc1ccc(NC(N)=NCC2CCN(S(=O)(=O)C(F)F)CC2)cc1. The molecule has 0 atom stereocenters. The summed E-state index contributed by atoms with van der Waals surface area (Å²) in [6, 6.07) is 7.17. The number of hydrogen-bond acceptors (Lipinski definition) is 4. The highest BCUT2D eigenvalue weighted by molar-refractivity contribution is 7.89. The second-order valence-corrected chi connectivity index (χ2v) is 7.63. The van der Waals surface area contributed by atoms with E-state index in [1.165, 1.54) is 0 Å². The number of methoxy groups -OCH3 is 1. The Balaban J connectivity index is 1.82. The minimum atomic E-state index is -4.48. The number of aliphatic imine (C=N–C) groups is 1. The number of ether oxygens (including phenoxy) is 1. The lowest BCUT2D eigenvalue weighted by atomic mass is 9.98. The molecule has 1 aliphatic heterocycles. The van der Waals surface area contributed by atoms with Gasteiger partial charge in [0.1, 0.15) is 5.75 Å². The van der Waals surface area contributed by atoms with Crippen molar-refractivity contribution in [1.82, 2.24) is 4.31 Å². The van der Waals surface area contributed by atoms with Crippen molar-refractivity contribution in [3.05, 3.63) is 24.3 Å². The largest absolute Gasteiger partial charge is 0.497 e. The molecular formula is C15H22F2N4O3S. The molecule has 2 rings (SSSR count). The Bertz CT molecular complexity index is 687. The quantitative estimate of drug-likeness (QED) is 0.582. The minimum absolute atomic E-state index is 0.0820. The first-order valence-corrected chi connectivity index (χ1v) is 9.31. The van der Waals surface area contributed by atoms with Gasteiger partial charge >= 0.3 is 5.76 Å². The highest BCUT2D eigenvalue weighted by Gasteiger charge is 2.34. The van der Waals surface area contributed by atoms with Crippen molar-refractivity contribution in [2.24, 2.45) is 16.6 Å². The molecule has 1 fully saturated rings. The lowest BCUT2D eigenvalue weighted by Crippen LogP contribution is -2.41. The molecular weight excluding hydrogens is 354 g/mol. The van der Waals surface area contributed by atoms with E-state index in [4.69, 9.17) is 10.5 Å². The van der Waals surface area contributed by atoms with E-state index >= 15 is 0 Å². The van der Waals surface area contributed by atoms with Crippen LogP contribution in [-0.2, 0) is 10.0 Å². The summed E-state index contributed by atoms with van der Waals surface area (Å²) in [5.74, 6) is -2.29. The van der Waals surface area contributed by atoms with Crippen molar-refractivity contribution in [3.8, 4) is 5.75 Å². The lowest BCUT2D eigenvalue weighted by molar-refractivity contribution is 0.205. The molecule has 0 aromatic heterocycles. The Morgan fingerprint density at radius 1 is 1.36 bits per heavy atom. The van der Waals surface area contributed by atoms with E-state index in [0.717, 1.165) is 15.7 Å². The number of nitrogens with two attached hydrogens (primary N) is 1. The van der Waals surface area contributed by atoms with Crippen LogP contribution in [0.3, 0.4) is 0 Å². The van der Waals surface area contributed by atoms with Crippen molar-refractivity contribution in [2.45, 2.75) is 18.6 Å². The van der Waals surface area contributed by atoms with Crippen LogP contribution in [-0.4, -0.2) is 51.2 Å². The molecule has 0 spiro atoms. The summed E-state index contributed by atoms with van der Waals surface area (Å²) in [5.41, 5.74) is 6.60. The van der Waals surface area contributed by atoms with E-state index in [1.54, 1.807) is 31.4 Å². The Hall–Kier alpha value is -1.94. The number of guanidine groups is 1. The van der Waals surface area contributed by atoms with Crippen LogP contribution in [0.5, 0.6) is 5.75 Å². The normalized spacial score (nSPS) is 17.7. The molecule has 0 unspecified atom stereocenters. The molecule has 10 heteroatoms. The third kappa shape index (κ3) is 5.27. The highest BCUT2D eigenvalue weighted by atomic mass is 32.2. The maximum atomic E-state index is 12.5. The van der Waals surface area contributed by atoms with Crippen molar-refractivity contribution in [1.29, 1.82) is 0 Å². The average Bonchev–Trinajstić information content (AvgIpc) is 2.61. The van der Waals surface area contributed by atoms with Crippen LogP contribution in [0.25, 0.3) is 0 Å². The van der Waals surface area contributed by atoms with E-state index < -0.39 is 15.8 Å². The molecule has 7 nitrogen and oxygen atoms in total. The molecule has 3 N–H and O–H groups in total. The summed E-state index contributed by atoms with van der Waals surface area (Å²) in [6.07, 6.45) is 0.955. The second-order valence-electron chi connectivity index (χ2n) is 5.73. The maximum absolute atomic E-state index is 12.5. The number of halogens is 2. The van der Waals surface area contributed by atoms with Crippen molar-refractivity contribution >= 4 is 21.7 Å². The molecule has 1 aromatic carbocycles. The zero-order valence-corrected chi connectivity index (χ0v) is 14.7. The van der Waals surface area contributed by atoms with Gasteiger partial charge in [-0.15, -0.1) is 0 Å². The smallest absolute Gasteiger partial charge is 0.350 e. The van der Waals surface area contributed by atoms with Crippen LogP contribution in [0.4, 0.5) is 14.5 Å². The number of hydrogen-bond donors (Lipinski definition) is 2. The Labute approximate surface area is 145 Å². The zero-order valence-electron chi connectivity index (χ0n) is 13.9. The monoisotopic (exact) mass is 376 g/mol. The number of nitrogens with zero attached hydrogens (tertiary/aromatic N) is 2. The van der Waals surface area contributed by atoms with Gasteiger partial charge < -0.3 is 15.8 Å². The predicted octanol–water partition coefficient (Wildman–Crippen LogP) is 1.69. The van der Waals surface area contributed by atoms with Gasteiger partial charge in [-0.25, -0.2) is 8.42 Å². The van der Waals surface area contributed by atoms with Gasteiger partial charge in [0.2, 0.25) is 0 Å². The summed E-state index contributed by atoms with van der Waals surface area (Å²) >= 11 is 0. The number of alkyl halides is 2. The van der Waals surface area contributed by atoms with E-state index in [-0.39, 0.29) is 25.0 Å². The lowest BCUT2D eigenvalue weighted by Gasteiger charge is -2.30. The summed E-state index contributed by atoms with van der Waals surface area (Å²) in [4.78, 5) is 4.24. The van der Waals surface area contributed by atoms with Crippen molar-refractivity contribution < 1.29 is 21.9 Å². The molecule has 25 heavy (non-hydrogen) atoms. The van der Waals surface area contributed by atoms with Crippen LogP contribution in [0, 0.1) is 5.92 Å². The fourth-order valence-electron chi connectivity index (χ4n) is 2.55. The van der Waals surface area contributed by atoms with Gasteiger partial charge in [0, 0.05) is 25.3 Å². The molecule has 0 aliphatic carbocycles. The molecule has 0 bridgehead atoms. The first-order chi connectivity index (χ1) is 11.8. The highest BCUT2D eigenvalue weighted by Crippen LogP contribution is 2.22. The Morgan fingerprint density at radius 2 is 1.96 bits per heavy atom. The first kappa shape index (κ1) is 19.4. The fraction of sp³-hybridized carbons (Fsp3) is 0.533. The molecule has 140 valence electrons. The molecule has 1 aromatic rings. The van der Waals surface area contributed by atoms with Crippen LogP contribution in [0.2, 0.25) is 0 Å². The van der Waals surface area contributed by atoms with Crippen molar-refractivity contribution in [3.63, 3.8) is 0 Å². The van der Waals surface area contributed by atoms with Gasteiger partial charge in [0.25, 0.3) is 10.0 Å². The summed E-state index contributed by atoms with van der Waals surface area (Å²) < 4.78 is 53.8. The van der Waals surface area contributed by atoms with Crippen LogP contribution < -0.4 is 15.8 Å². The molecule has 1 aliphatic rings. The topological polar surface area (TPSA) is 97.0 Å². The zero-order chi connectivity index (χ0) is 18.4. The number of nitrogens with one attached hydrogen (secondary N) is 1. The van der Waals surface area contributed by atoms with E-state index in [1.807, 2.05) is 0 Å². The number of benzene rings is 1.